The zero-order valence-electron chi connectivity index (χ0n) is 10.00. The van der Waals surface area contributed by atoms with Crippen LogP contribution in [-0.4, -0.2) is 19.0 Å². The molecule has 1 amide bonds. The highest BCUT2D eigenvalue weighted by Crippen LogP contribution is 2.44. The molecule has 4 heteroatoms. The van der Waals surface area contributed by atoms with Gasteiger partial charge in [0.1, 0.15) is 0 Å². The molecule has 0 aromatic carbocycles. The molecule has 2 aliphatic rings. The number of amides is 1. The summed E-state index contributed by atoms with van der Waals surface area (Å²) in [5.74, 6) is 0.866. The summed E-state index contributed by atoms with van der Waals surface area (Å²) in [6, 6.07) is 0. The van der Waals surface area contributed by atoms with Crippen molar-refractivity contribution in [1.29, 1.82) is 0 Å². The van der Waals surface area contributed by atoms with Crippen LogP contribution in [0.5, 0.6) is 0 Å². The van der Waals surface area contributed by atoms with E-state index in [9.17, 15) is 4.79 Å². The van der Waals surface area contributed by atoms with Gasteiger partial charge in [-0.3, -0.25) is 4.79 Å². The van der Waals surface area contributed by atoms with Crippen molar-refractivity contribution >= 4 is 18.3 Å². The van der Waals surface area contributed by atoms with Crippen LogP contribution in [0.1, 0.15) is 39.0 Å². The molecule has 2 fully saturated rings. The predicted octanol–water partition coefficient (Wildman–Crippen LogP) is 1.70. The molecule has 0 aromatic rings. The molecule has 0 bridgehead atoms. The van der Waals surface area contributed by atoms with Crippen LogP contribution < -0.4 is 11.1 Å². The van der Waals surface area contributed by atoms with Gasteiger partial charge in [0.05, 0.1) is 0 Å². The number of nitrogens with one attached hydrogen (secondary N) is 1. The van der Waals surface area contributed by atoms with Crippen molar-refractivity contribution in [2.75, 3.05) is 13.1 Å². The zero-order chi connectivity index (χ0) is 10.9. The summed E-state index contributed by atoms with van der Waals surface area (Å²) in [5, 5.41) is 3.10. The lowest BCUT2D eigenvalue weighted by atomic mass is 9.95. The van der Waals surface area contributed by atoms with Crippen molar-refractivity contribution in [2.45, 2.75) is 39.0 Å². The third kappa shape index (κ3) is 3.11. The largest absolute Gasteiger partial charge is 0.355 e. The van der Waals surface area contributed by atoms with E-state index in [0.29, 0.717) is 17.9 Å². The third-order valence-corrected chi connectivity index (χ3v) is 4.09. The van der Waals surface area contributed by atoms with Crippen LogP contribution >= 0.6 is 12.4 Å². The van der Waals surface area contributed by atoms with Crippen molar-refractivity contribution in [3.05, 3.63) is 0 Å². The first-order valence-corrected chi connectivity index (χ1v) is 6.12. The maximum Gasteiger partial charge on any atom is 0.223 e. The molecule has 2 saturated carbocycles. The minimum absolute atomic E-state index is 0. The van der Waals surface area contributed by atoms with Gasteiger partial charge in [-0.15, -0.1) is 12.4 Å². The van der Waals surface area contributed by atoms with Crippen molar-refractivity contribution < 1.29 is 4.79 Å². The highest BCUT2D eigenvalue weighted by atomic mass is 35.5. The normalized spacial score (nSPS) is 30.6. The van der Waals surface area contributed by atoms with Crippen LogP contribution in [0, 0.1) is 17.3 Å². The number of nitrogens with two attached hydrogens (primary N) is 1. The van der Waals surface area contributed by atoms with E-state index in [4.69, 9.17) is 5.73 Å². The lowest BCUT2D eigenvalue weighted by Gasteiger charge is -2.18. The first-order chi connectivity index (χ1) is 7.14. The van der Waals surface area contributed by atoms with Gasteiger partial charge < -0.3 is 11.1 Å². The minimum Gasteiger partial charge on any atom is -0.355 e. The molecule has 0 unspecified atom stereocenters. The SMILES string of the molecule is CC1(CNC(=O)[C@@H]2CCC[C@@H]2CN)CC1.Cl. The Labute approximate surface area is 104 Å². The Balaban J connectivity index is 0.00000128. The minimum atomic E-state index is 0. The average molecular weight is 247 g/mol. The first-order valence-electron chi connectivity index (χ1n) is 6.12. The van der Waals surface area contributed by atoms with Crippen molar-refractivity contribution in [2.24, 2.45) is 23.0 Å². The molecule has 0 radical (unpaired) electrons. The molecule has 3 nitrogen and oxygen atoms in total. The molecule has 0 aliphatic heterocycles. The summed E-state index contributed by atoms with van der Waals surface area (Å²) in [6.07, 6.45) is 5.85. The molecular formula is C12H23ClN2O. The van der Waals surface area contributed by atoms with Crippen molar-refractivity contribution in [1.82, 2.24) is 5.32 Å². The highest BCUT2D eigenvalue weighted by Gasteiger charge is 2.39. The fourth-order valence-corrected chi connectivity index (χ4v) is 2.49. The first kappa shape index (κ1) is 13.8. The Morgan fingerprint density at radius 2 is 2.12 bits per heavy atom. The van der Waals surface area contributed by atoms with Gasteiger partial charge >= 0.3 is 0 Å². The van der Waals surface area contributed by atoms with E-state index in [0.717, 1.165) is 25.8 Å². The number of rotatable bonds is 4. The van der Waals surface area contributed by atoms with Crippen molar-refractivity contribution in [3.63, 3.8) is 0 Å². The second kappa shape index (κ2) is 5.37. The van der Waals surface area contributed by atoms with Crippen LogP contribution in [0.25, 0.3) is 0 Å². The van der Waals surface area contributed by atoms with Crippen LogP contribution in [0.3, 0.4) is 0 Å². The average Bonchev–Trinajstić information content (AvgIpc) is 2.81. The molecular weight excluding hydrogens is 224 g/mol. The summed E-state index contributed by atoms with van der Waals surface area (Å²) in [6.45, 7) is 3.76. The second-order valence-corrected chi connectivity index (χ2v) is 5.56. The topological polar surface area (TPSA) is 55.1 Å². The zero-order valence-corrected chi connectivity index (χ0v) is 10.8. The fraction of sp³-hybridized carbons (Fsp3) is 0.917. The quantitative estimate of drug-likeness (QED) is 0.793. The summed E-state index contributed by atoms with van der Waals surface area (Å²) >= 11 is 0. The molecule has 0 aromatic heterocycles. The van der Waals surface area contributed by atoms with Gasteiger partial charge in [0.2, 0.25) is 5.91 Å². The van der Waals surface area contributed by atoms with Gasteiger partial charge in [-0.25, -0.2) is 0 Å². The molecule has 94 valence electrons. The van der Waals surface area contributed by atoms with E-state index in [1.165, 1.54) is 12.8 Å². The summed E-state index contributed by atoms with van der Waals surface area (Å²) in [4.78, 5) is 11.9. The molecule has 3 N–H and O–H groups in total. The lowest BCUT2D eigenvalue weighted by Crippen LogP contribution is -2.37. The molecule has 2 rings (SSSR count). The van der Waals surface area contributed by atoms with E-state index in [2.05, 4.69) is 12.2 Å². The maximum atomic E-state index is 11.9. The molecule has 0 heterocycles. The van der Waals surface area contributed by atoms with Gasteiger partial charge in [0.15, 0.2) is 0 Å². The van der Waals surface area contributed by atoms with Crippen LogP contribution in [-0.2, 0) is 4.79 Å². The van der Waals surface area contributed by atoms with E-state index < -0.39 is 0 Å². The smallest absolute Gasteiger partial charge is 0.223 e. The predicted molar refractivity (Wildman–Crippen MR) is 67.5 cm³/mol. The summed E-state index contributed by atoms with van der Waals surface area (Å²) < 4.78 is 0. The van der Waals surface area contributed by atoms with E-state index in [1.54, 1.807) is 0 Å². The molecule has 16 heavy (non-hydrogen) atoms. The fourth-order valence-electron chi connectivity index (χ4n) is 2.49. The van der Waals surface area contributed by atoms with Gasteiger partial charge in [-0.1, -0.05) is 13.3 Å². The van der Waals surface area contributed by atoms with Crippen LogP contribution in [0.15, 0.2) is 0 Å². The molecule has 2 atom stereocenters. The second-order valence-electron chi connectivity index (χ2n) is 5.56. The molecule has 0 spiro atoms. The standard InChI is InChI=1S/C12H22N2O.ClH/c1-12(5-6-12)8-14-11(15)10-4-2-3-9(10)7-13;/h9-10H,2-8,13H2,1H3,(H,14,15);1H/t9-,10-;/m1./s1. The van der Waals surface area contributed by atoms with E-state index in [-0.39, 0.29) is 24.2 Å². The Kier molecular flexibility index (Phi) is 4.62. The molecule has 2 aliphatic carbocycles. The third-order valence-electron chi connectivity index (χ3n) is 4.09. The Hall–Kier alpha value is -0.280. The van der Waals surface area contributed by atoms with Crippen molar-refractivity contribution in [3.8, 4) is 0 Å². The summed E-state index contributed by atoms with van der Waals surface area (Å²) in [5.41, 5.74) is 6.09. The summed E-state index contributed by atoms with van der Waals surface area (Å²) in [7, 11) is 0. The van der Waals surface area contributed by atoms with Gasteiger partial charge in [-0.05, 0) is 43.6 Å². The molecule has 0 saturated heterocycles. The Morgan fingerprint density at radius 1 is 1.44 bits per heavy atom. The van der Waals surface area contributed by atoms with Gasteiger partial charge in [0.25, 0.3) is 0 Å². The van der Waals surface area contributed by atoms with Crippen LogP contribution in [0.4, 0.5) is 0 Å². The monoisotopic (exact) mass is 246 g/mol. The van der Waals surface area contributed by atoms with Gasteiger partial charge in [-0.2, -0.15) is 0 Å². The van der Waals surface area contributed by atoms with E-state index >= 15 is 0 Å². The number of carbonyl (C=O) groups is 1. The number of hydrogen-bond acceptors (Lipinski definition) is 2. The Bertz CT molecular complexity index is 253. The lowest BCUT2D eigenvalue weighted by molar-refractivity contribution is -0.126. The van der Waals surface area contributed by atoms with Crippen LogP contribution in [0.2, 0.25) is 0 Å². The highest BCUT2D eigenvalue weighted by molar-refractivity contribution is 5.85. The maximum absolute atomic E-state index is 11.9. The number of carbonyl (C=O) groups excluding carboxylic acids is 1. The van der Waals surface area contributed by atoms with Gasteiger partial charge in [0, 0.05) is 12.5 Å². The Morgan fingerprint density at radius 3 is 2.69 bits per heavy atom. The number of halogens is 1. The number of hydrogen-bond donors (Lipinski definition) is 2. The van der Waals surface area contributed by atoms with E-state index in [1.807, 2.05) is 0 Å².